The van der Waals surface area contributed by atoms with Crippen LogP contribution in [0.2, 0.25) is 0 Å². The summed E-state index contributed by atoms with van der Waals surface area (Å²) >= 11 is 0. The minimum absolute atomic E-state index is 0. The van der Waals surface area contributed by atoms with Gasteiger partial charge < -0.3 is 20.7 Å². The lowest BCUT2D eigenvalue weighted by Crippen LogP contribution is -2.39. The molecule has 1 unspecified atom stereocenters. The molecule has 3 N–H and O–H groups in total. The van der Waals surface area contributed by atoms with Crippen LogP contribution in [0, 0.1) is 5.92 Å². The third-order valence-corrected chi connectivity index (χ3v) is 2.44. The largest absolute Gasteiger partial charge is 0.377 e. The van der Waals surface area contributed by atoms with Gasteiger partial charge in [-0.1, -0.05) is 13.8 Å². The SMILES string of the molecule is CCOC(CCN(C)C)CNC(N)=NCC(C)C.I. The van der Waals surface area contributed by atoms with E-state index in [1.165, 1.54) is 0 Å². The molecule has 0 aromatic heterocycles. The van der Waals surface area contributed by atoms with Crippen LogP contribution in [0.25, 0.3) is 0 Å². The van der Waals surface area contributed by atoms with Crippen LogP contribution in [-0.4, -0.2) is 57.3 Å². The first-order chi connectivity index (χ1) is 8.45. The van der Waals surface area contributed by atoms with Gasteiger partial charge >= 0.3 is 0 Å². The van der Waals surface area contributed by atoms with Crippen molar-refractivity contribution >= 4 is 29.9 Å². The molecule has 0 aromatic carbocycles. The van der Waals surface area contributed by atoms with Crippen LogP contribution in [0.1, 0.15) is 27.2 Å². The maximum absolute atomic E-state index is 5.80. The fourth-order valence-electron chi connectivity index (χ4n) is 1.44. The summed E-state index contributed by atoms with van der Waals surface area (Å²) in [6, 6.07) is 0. The molecule has 0 aliphatic rings. The third kappa shape index (κ3) is 14.1. The molecule has 6 heteroatoms. The number of ether oxygens (including phenoxy) is 1. The number of halogens is 1. The van der Waals surface area contributed by atoms with Crippen molar-refractivity contribution in [3.05, 3.63) is 0 Å². The van der Waals surface area contributed by atoms with Gasteiger partial charge in [0.2, 0.25) is 0 Å². The summed E-state index contributed by atoms with van der Waals surface area (Å²) in [5.41, 5.74) is 5.80. The molecular formula is C13H31IN4O. The molecule has 0 amide bonds. The topological polar surface area (TPSA) is 62.9 Å². The van der Waals surface area contributed by atoms with E-state index in [1.54, 1.807) is 0 Å². The van der Waals surface area contributed by atoms with Crippen molar-refractivity contribution in [3.8, 4) is 0 Å². The second kappa shape index (κ2) is 12.9. The van der Waals surface area contributed by atoms with Crippen LogP contribution in [0.15, 0.2) is 4.99 Å². The average molecular weight is 386 g/mol. The Hall–Kier alpha value is -0.0800. The molecule has 116 valence electrons. The molecule has 0 saturated carbocycles. The van der Waals surface area contributed by atoms with Crippen molar-refractivity contribution in [3.63, 3.8) is 0 Å². The third-order valence-electron chi connectivity index (χ3n) is 2.44. The normalized spacial score (nSPS) is 13.5. The summed E-state index contributed by atoms with van der Waals surface area (Å²) in [6.45, 7) is 9.47. The fourth-order valence-corrected chi connectivity index (χ4v) is 1.44. The second-order valence-corrected chi connectivity index (χ2v) is 5.17. The monoisotopic (exact) mass is 386 g/mol. The maximum atomic E-state index is 5.80. The highest BCUT2D eigenvalue weighted by atomic mass is 127. The Bertz CT molecular complexity index is 235. The van der Waals surface area contributed by atoms with E-state index in [1.807, 2.05) is 6.92 Å². The van der Waals surface area contributed by atoms with Crippen molar-refractivity contribution in [2.75, 3.05) is 40.3 Å². The first kappa shape index (κ1) is 21.2. The molecule has 0 aliphatic carbocycles. The molecule has 19 heavy (non-hydrogen) atoms. The summed E-state index contributed by atoms with van der Waals surface area (Å²) in [7, 11) is 4.13. The van der Waals surface area contributed by atoms with Gasteiger partial charge in [-0.15, -0.1) is 24.0 Å². The van der Waals surface area contributed by atoms with Crippen LogP contribution >= 0.6 is 24.0 Å². The predicted molar refractivity (Wildman–Crippen MR) is 93.3 cm³/mol. The molecule has 5 nitrogen and oxygen atoms in total. The average Bonchev–Trinajstić information content (AvgIpc) is 2.29. The first-order valence-electron chi connectivity index (χ1n) is 6.75. The number of guanidine groups is 1. The summed E-state index contributed by atoms with van der Waals surface area (Å²) in [4.78, 5) is 6.42. The number of aliphatic imine (C=N–C) groups is 1. The molecule has 0 aromatic rings. The van der Waals surface area contributed by atoms with Crippen LogP contribution < -0.4 is 11.1 Å². The number of nitrogens with two attached hydrogens (primary N) is 1. The number of rotatable bonds is 9. The highest BCUT2D eigenvalue weighted by Crippen LogP contribution is 1.98. The van der Waals surface area contributed by atoms with Gasteiger partial charge in [-0.05, 0) is 33.4 Å². The van der Waals surface area contributed by atoms with Gasteiger partial charge in [0, 0.05) is 26.2 Å². The van der Waals surface area contributed by atoms with Gasteiger partial charge in [0.05, 0.1) is 6.10 Å². The number of hydrogen-bond donors (Lipinski definition) is 2. The Morgan fingerprint density at radius 3 is 2.47 bits per heavy atom. The molecular weight excluding hydrogens is 355 g/mol. The molecule has 0 bridgehead atoms. The molecule has 0 rings (SSSR count). The Kier molecular flexibility index (Phi) is 14.4. The smallest absolute Gasteiger partial charge is 0.188 e. The lowest BCUT2D eigenvalue weighted by atomic mass is 10.2. The highest BCUT2D eigenvalue weighted by molar-refractivity contribution is 14.0. The highest BCUT2D eigenvalue weighted by Gasteiger charge is 2.09. The van der Waals surface area contributed by atoms with Crippen molar-refractivity contribution < 1.29 is 4.74 Å². The van der Waals surface area contributed by atoms with E-state index >= 15 is 0 Å². The summed E-state index contributed by atoms with van der Waals surface area (Å²) in [5.74, 6) is 1.04. The molecule has 0 saturated heterocycles. The van der Waals surface area contributed by atoms with Crippen LogP contribution in [0.5, 0.6) is 0 Å². The standard InChI is InChI=1S/C13H30N4O.HI/c1-6-18-12(7-8-17(4)5)10-16-13(14)15-9-11(2)3;/h11-12H,6-10H2,1-5H3,(H3,14,15,16);1H. The number of nitrogens with one attached hydrogen (secondary N) is 1. The Balaban J connectivity index is 0. The van der Waals surface area contributed by atoms with E-state index in [-0.39, 0.29) is 30.1 Å². The summed E-state index contributed by atoms with van der Waals surface area (Å²) in [6.07, 6.45) is 1.18. The van der Waals surface area contributed by atoms with E-state index in [0.29, 0.717) is 11.9 Å². The predicted octanol–water partition coefficient (Wildman–Crippen LogP) is 1.52. The minimum Gasteiger partial charge on any atom is -0.377 e. The van der Waals surface area contributed by atoms with Gasteiger partial charge in [0.25, 0.3) is 0 Å². The van der Waals surface area contributed by atoms with E-state index in [4.69, 9.17) is 10.5 Å². The summed E-state index contributed by atoms with van der Waals surface area (Å²) in [5, 5.41) is 3.13. The van der Waals surface area contributed by atoms with Crippen LogP contribution in [0.4, 0.5) is 0 Å². The van der Waals surface area contributed by atoms with Crippen molar-refractivity contribution in [2.24, 2.45) is 16.6 Å². The zero-order valence-corrected chi connectivity index (χ0v) is 15.3. The lowest BCUT2D eigenvalue weighted by molar-refractivity contribution is 0.0549. The molecule has 0 aliphatic heterocycles. The van der Waals surface area contributed by atoms with Crippen LogP contribution in [0.3, 0.4) is 0 Å². The van der Waals surface area contributed by atoms with Crippen molar-refractivity contribution in [1.29, 1.82) is 0 Å². The quantitative estimate of drug-likeness (QED) is 0.358. The molecule has 0 radical (unpaired) electrons. The van der Waals surface area contributed by atoms with Gasteiger partial charge in [-0.3, -0.25) is 4.99 Å². The maximum Gasteiger partial charge on any atom is 0.188 e. The zero-order chi connectivity index (χ0) is 14.0. The summed E-state index contributed by atoms with van der Waals surface area (Å²) < 4.78 is 5.67. The van der Waals surface area contributed by atoms with E-state index in [0.717, 1.165) is 32.7 Å². The van der Waals surface area contributed by atoms with E-state index < -0.39 is 0 Å². The van der Waals surface area contributed by atoms with E-state index in [2.05, 4.69) is 43.2 Å². The Morgan fingerprint density at radius 1 is 1.37 bits per heavy atom. The zero-order valence-electron chi connectivity index (χ0n) is 13.0. The number of nitrogens with zero attached hydrogens (tertiary/aromatic N) is 2. The second-order valence-electron chi connectivity index (χ2n) is 5.17. The fraction of sp³-hybridized carbons (Fsp3) is 0.923. The Labute approximate surface area is 135 Å². The lowest BCUT2D eigenvalue weighted by Gasteiger charge is -2.20. The number of hydrogen-bond acceptors (Lipinski definition) is 3. The van der Waals surface area contributed by atoms with Crippen molar-refractivity contribution in [1.82, 2.24) is 10.2 Å². The van der Waals surface area contributed by atoms with Gasteiger partial charge in [-0.25, -0.2) is 0 Å². The first-order valence-corrected chi connectivity index (χ1v) is 6.75. The van der Waals surface area contributed by atoms with Gasteiger partial charge in [-0.2, -0.15) is 0 Å². The van der Waals surface area contributed by atoms with Gasteiger partial charge in [0.1, 0.15) is 0 Å². The van der Waals surface area contributed by atoms with E-state index in [9.17, 15) is 0 Å². The molecule has 0 spiro atoms. The van der Waals surface area contributed by atoms with Crippen LogP contribution in [-0.2, 0) is 4.74 Å². The van der Waals surface area contributed by atoms with Crippen molar-refractivity contribution in [2.45, 2.75) is 33.3 Å². The van der Waals surface area contributed by atoms with Gasteiger partial charge in [0.15, 0.2) is 5.96 Å². The molecule has 0 fully saturated rings. The molecule has 0 heterocycles. The Morgan fingerprint density at radius 2 is 2.00 bits per heavy atom. The molecule has 1 atom stereocenters. The minimum atomic E-state index is 0.